The van der Waals surface area contributed by atoms with Gasteiger partial charge in [0.25, 0.3) is 0 Å². The number of anilines is 2. The second-order valence-corrected chi connectivity index (χ2v) is 4.47. The highest BCUT2D eigenvalue weighted by Gasteiger charge is 2.16. The predicted molar refractivity (Wildman–Crippen MR) is 78.6 cm³/mol. The molecule has 2 aromatic rings. The lowest BCUT2D eigenvalue weighted by atomic mass is 10.2. The van der Waals surface area contributed by atoms with Gasteiger partial charge in [-0.1, -0.05) is 0 Å². The minimum atomic E-state index is -1.13. The van der Waals surface area contributed by atoms with Gasteiger partial charge in [0, 0.05) is 17.3 Å². The van der Waals surface area contributed by atoms with E-state index in [0.717, 1.165) is 12.1 Å². The van der Waals surface area contributed by atoms with Gasteiger partial charge in [-0.2, -0.15) is 0 Å². The summed E-state index contributed by atoms with van der Waals surface area (Å²) in [6, 6.07) is 8.02. The Bertz CT molecular complexity index is 776. The summed E-state index contributed by atoms with van der Waals surface area (Å²) in [5.41, 5.74) is 5.23. The third-order valence-electron chi connectivity index (χ3n) is 2.81. The first kappa shape index (κ1) is 16.1. The van der Waals surface area contributed by atoms with E-state index in [1.54, 1.807) is 0 Å². The monoisotopic (exact) mass is 319 g/mol. The fourth-order valence-corrected chi connectivity index (χ4v) is 1.68. The average molecular weight is 319 g/mol. The predicted octanol–water partition coefficient (Wildman–Crippen LogP) is 1.64. The molecule has 0 spiro atoms. The summed E-state index contributed by atoms with van der Waals surface area (Å²) in [7, 11) is 0. The zero-order chi connectivity index (χ0) is 17.0. The third-order valence-corrected chi connectivity index (χ3v) is 2.81. The van der Waals surface area contributed by atoms with Crippen molar-refractivity contribution in [3.63, 3.8) is 0 Å². The average Bonchev–Trinajstić information content (AvgIpc) is 2.50. The molecule has 0 aromatic heterocycles. The van der Waals surface area contributed by atoms with Crippen LogP contribution < -0.4 is 16.4 Å². The molecule has 8 heteroatoms. The van der Waals surface area contributed by atoms with Crippen LogP contribution in [0.5, 0.6) is 0 Å². The molecule has 0 aliphatic carbocycles. The van der Waals surface area contributed by atoms with Crippen molar-refractivity contribution in [3.05, 3.63) is 59.7 Å². The fraction of sp³-hybridized carbons (Fsp3) is 0. The van der Waals surface area contributed by atoms with Gasteiger partial charge in [0.15, 0.2) is 0 Å². The van der Waals surface area contributed by atoms with Gasteiger partial charge in [0.2, 0.25) is 5.91 Å². The number of hydrogen-bond donors (Lipinski definition) is 3. The number of rotatable bonds is 3. The molecule has 0 saturated heterocycles. The van der Waals surface area contributed by atoms with Crippen molar-refractivity contribution in [1.29, 1.82) is 0 Å². The molecule has 0 aliphatic heterocycles. The number of carbonyl (C=O) groups excluding carboxylic acids is 3. The Morgan fingerprint density at radius 1 is 0.870 bits per heavy atom. The molecule has 3 amide bonds. The maximum absolute atomic E-state index is 13.4. The van der Waals surface area contributed by atoms with Crippen LogP contribution in [-0.4, -0.2) is 17.7 Å². The van der Waals surface area contributed by atoms with Gasteiger partial charge in [0.1, 0.15) is 11.6 Å². The molecule has 23 heavy (non-hydrogen) atoms. The van der Waals surface area contributed by atoms with Crippen LogP contribution in [-0.2, 0) is 9.59 Å². The molecule has 0 bridgehead atoms. The van der Waals surface area contributed by atoms with E-state index in [-0.39, 0.29) is 16.9 Å². The largest absolute Gasteiger partial charge is 0.366 e. The topological polar surface area (TPSA) is 101 Å². The Morgan fingerprint density at radius 2 is 1.48 bits per heavy atom. The maximum atomic E-state index is 13.4. The van der Waals surface area contributed by atoms with Crippen molar-refractivity contribution < 1.29 is 23.2 Å². The summed E-state index contributed by atoms with van der Waals surface area (Å²) < 4.78 is 26.1. The Morgan fingerprint density at radius 3 is 2.04 bits per heavy atom. The minimum Gasteiger partial charge on any atom is -0.366 e. The summed E-state index contributed by atoms with van der Waals surface area (Å²) >= 11 is 0. The Kier molecular flexibility index (Phi) is 4.65. The first-order chi connectivity index (χ1) is 10.9. The molecule has 4 N–H and O–H groups in total. The molecule has 0 heterocycles. The normalized spacial score (nSPS) is 10.0. The zero-order valence-electron chi connectivity index (χ0n) is 11.6. The molecule has 0 radical (unpaired) electrons. The number of carbonyl (C=O) groups is 3. The smallest absolute Gasteiger partial charge is 0.314 e. The Labute approximate surface area is 129 Å². The first-order valence-corrected chi connectivity index (χ1v) is 6.34. The van der Waals surface area contributed by atoms with Gasteiger partial charge >= 0.3 is 11.8 Å². The van der Waals surface area contributed by atoms with Crippen LogP contribution in [0.3, 0.4) is 0 Å². The van der Waals surface area contributed by atoms with Crippen LogP contribution in [0.4, 0.5) is 20.2 Å². The third kappa shape index (κ3) is 4.10. The molecule has 2 aromatic carbocycles. The van der Waals surface area contributed by atoms with Crippen LogP contribution in [0.1, 0.15) is 10.4 Å². The molecule has 0 unspecified atom stereocenters. The summed E-state index contributed by atoms with van der Waals surface area (Å²) in [6.45, 7) is 0. The number of halogens is 2. The van der Waals surface area contributed by atoms with Crippen molar-refractivity contribution >= 4 is 29.1 Å². The number of hydrogen-bond acceptors (Lipinski definition) is 3. The van der Waals surface area contributed by atoms with Crippen LogP contribution in [0.25, 0.3) is 0 Å². The van der Waals surface area contributed by atoms with E-state index in [2.05, 4.69) is 5.32 Å². The van der Waals surface area contributed by atoms with E-state index in [1.807, 2.05) is 5.32 Å². The zero-order valence-corrected chi connectivity index (χ0v) is 11.6. The van der Waals surface area contributed by atoms with Crippen LogP contribution >= 0.6 is 0 Å². The van der Waals surface area contributed by atoms with Gasteiger partial charge < -0.3 is 16.4 Å². The van der Waals surface area contributed by atoms with Gasteiger partial charge in [-0.15, -0.1) is 0 Å². The standard InChI is InChI=1S/C15H11F2N3O3/c16-9-3-6-12(11(17)7-9)20-15(23)14(22)19-10-4-1-8(2-5-10)13(18)21/h1-7H,(H2,18,21)(H,19,22)(H,20,23). The van der Waals surface area contributed by atoms with E-state index in [0.29, 0.717) is 6.07 Å². The highest BCUT2D eigenvalue weighted by atomic mass is 19.1. The molecule has 118 valence electrons. The molecular formula is C15H11F2N3O3. The molecule has 6 nitrogen and oxygen atoms in total. The lowest BCUT2D eigenvalue weighted by molar-refractivity contribution is -0.133. The van der Waals surface area contributed by atoms with Gasteiger partial charge in [-0.25, -0.2) is 8.78 Å². The highest BCUT2D eigenvalue weighted by molar-refractivity contribution is 6.43. The van der Waals surface area contributed by atoms with Crippen LogP contribution in [0.2, 0.25) is 0 Å². The molecule has 0 saturated carbocycles. The van der Waals surface area contributed by atoms with E-state index in [1.165, 1.54) is 24.3 Å². The summed E-state index contributed by atoms with van der Waals surface area (Å²) in [5, 5.41) is 4.28. The van der Waals surface area contributed by atoms with E-state index < -0.39 is 29.4 Å². The SMILES string of the molecule is NC(=O)c1ccc(NC(=O)C(=O)Nc2ccc(F)cc2F)cc1. The summed E-state index contributed by atoms with van der Waals surface area (Å²) in [5.74, 6) is -4.63. The van der Waals surface area contributed by atoms with Gasteiger partial charge in [-0.3, -0.25) is 14.4 Å². The minimum absolute atomic E-state index is 0.237. The molecule has 2 rings (SSSR count). The molecule has 0 fully saturated rings. The van der Waals surface area contributed by atoms with E-state index in [9.17, 15) is 23.2 Å². The number of nitrogens with one attached hydrogen (secondary N) is 2. The number of primary amides is 1. The van der Waals surface area contributed by atoms with Crippen molar-refractivity contribution in [3.8, 4) is 0 Å². The summed E-state index contributed by atoms with van der Waals surface area (Å²) in [6.07, 6.45) is 0. The number of benzene rings is 2. The van der Waals surface area contributed by atoms with Crippen LogP contribution in [0.15, 0.2) is 42.5 Å². The first-order valence-electron chi connectivity index (χ1n) is 6.34. The van der Waals surface area contributed by atoms with Crippen molar-refractivity contribution in [2.75, 3.05) is 10.6 Å². The second kappa shape index (κ2) is 6.65. The molecule has 0 atom stereocenters. The quantitative estimate of drug-likeness (QED) is 0.750. The summed E-state index contributed by atoms with van der Waals surface area (Å²) in [4.78, 5) is 34.3. The highest BCUT2D eigenvalue weighted by Crippen LogP contribution is 2.15. The van der Waals surface area contributed by atoms with Gasteiger partial charge in [0.05, 0.1) is 5.69 Å². The lowest BCUT2D eigenvalue weighted by Crippen LogP contribution is -2.29. The number of amides is 3. The molecular weight excluding hydrogens is 308 g/mol. The van der Waals surface area contributed by atoms with Crippen LogP contribution in [0, 0.1) is 11.6 Å². The fourth-order valence-electron chi connectivity index (χ4n) is 1.68. The van der Waals surface area contributed by atoms with E-state index in [4.69, 9.17) is 5.73 Å². The Hall–Kier alpha value is -3.29. The second-order valence-electron chi connectivity index (χ2n) is 4.47. The number of nitrogens with two attached hydrogens (primary N) is 1. The van der Waals surface area contributed by atoms with Crippen molar-refractivity contribution in [1.82, 2.24) is 0 Å². The Balaban J connectivity index is 2.02. The maximum Gasteiger partial charge on any atom is 0.314 e. The van der Waals surface area contributed by atoms with Crippen molar-refractivity contribution in [2.24, 2.45) is 5.73 Å². The molecule has 0 aliphatic rings. The van der Waals surface area contributed by atoms with Crippen molar-refractivity contribution in [2.45, 2.75) is 0 Å². The van der Waals surface area contributed by atoms with Gasteiger partial charge in [-0.05, 0) is 36.4 Å². The lowest BCUT2D eigenvalue weighted by Gasteiger charge is -2.07. The van der Waals surface area contributed by atoms with E-state index >= 15 is 0 Å².